The minimum Gasteiger partial charge on any atom is -0.508 e. The topological polar surface area (TPSA) is 46.5 Å². The predicted octanol–water partition coefficient (Wildman–Crippen LogP) is 2.62. The summed E-state index contributed by atoms with van der Waals surface area (Å²) in [7, 11) is 0. The van der Waals surface area contributed by atoms with E-state index in [1.807, 2.05) is 0 Å². The Morgan fingerprint density at radius 3 is 2.93 bits per heavy atom. The molecule has 0 heterocycles. The second kappa shape index (κ2) is 5.41. The van der Waals surface area contributed by atoms with Gasteiger partial charge in [0.15, 0.2) is 0 Å². The standard InChI is InChI=1S/C11H11ClO3/c1-2-15-11(14)6-4-8-3-5-9(13)7-10(8)12/h3-7,13H,2H2,1H3. The van der Waals surface area contributed by atoms with Crippen LogP contribution in [0.1, 0.15) is 12.5 Å². The molecule has 0 atom stereocenters. The van der Waals surface area contributed by atoms with E-state index in [1.54, 1.807) is 19.1 Å². The predicted molar refractivity (Wildman–Crippen MR) is 58.8 cm³/mol. The van der Waals surface area contributed by atoms with Gasteiger partial charge in [0, 0.05) is 6.08 Å². The summed E-state index contributed by atoms with van der Waals surface area (Å²) < 4.78 is 4.71. The zero-order valence-corrected chi connectivity index (χ0v) is 8.99. The molecular formula is C11H11ClO3. The molecule has 0 aromatic heterocycles. The van der Waals surface area contributed by atoms with E-state index < -0.39 is 5.97 Å². The van der Waals surface area contributed by atoms with Gasteiger partial charge in [0.05, 0.1) is 11.6 Å². The van der Waals surface area contributed by atoms with Gasteiger partial charge < -0.3 is 9.84 Å². The minimum absolute atomic E-state index is 0.0910. The highest BCUT2D eigenvalue weighted by molar-refractivity contribution is 6.32. The molecule has 0 radical (unpaired) electrons. The van der Waals surface area contributed by atoms with Crippen molar-refractivity contribution < 1.29 is 14.6 Å². The van der Waals surface area contributed by atoms with E-state index in [9.17, 15) is 4.79 Å². The van der Waals surface area contributed by atoms with Gasteiger partial charge in [-0.3, -0.25) is 0 Å². The van der Waals surface area contributed by atoms with Gasteiger partial charge in [-0.15, -0.1) is 0 Å². The van der Waals surface area contributed by atoms with Crippen molar-refractivity contribution in [1.29, 1.82) is 0 Å². The Labute approximate surface area is 92.9 Å². The second-order valence-electron chi connectivity index (χ2n) is 2.79. The molecule has 0 amide bonds. The fourth-order valence-electron chi connectivity index (χ4n) is 0.999. The Hall–Kier alpha value is -1.48. The molecule has 0 bridgehead atoms. The Bertz CT molecular complexity index is 385. The molecule has 1 N–H and O–H groups in total. The molecule has 0 saturated carbocycles. The highest BCUT2D eigenvalue weighted by Crippen LogP contribution is 2.22. The first kappa shape index (κ1) is 11.6. The van der Waals surface area contributed by atoms with Gasteiger partial charge in [-0.25, -0.2) is 4.79 Å². The lowest BCUT2D eigenvalue weighted by molar-refractivity contribution is -0.137. The first-order valence-electron chi connectivity index (χ1n) is 4.47. The third kappa shape index (κ3) is 3.64. The van der Waals surface area contributed by atoms with Crippen molar-refractivity contribution in [3.8, 4) is 5.75 Å². The number of hydrogen-bond acceptors (Lipinski definition) is 3. The fourth-order valence-corrected chi connectivity index (χ4v) is 1.24. The number of benzene rings is 1. The summed E-state index contributed by atoms with van der Waals surface area (Å²) in [6, 6.07) is 4.52. The number of hydrogen-bond donors (Lipinski definition) is 1. The molecule has 0 saturated heterocycles. The Kier molecular flexibility index (Phi) is 4.18. The molecular weight excluding hydrogens is 216 g/mol. The summed E-state index contributed by atoms with van der Waals surface area (Å²) in [5, 5.41) is 9.48. The number of aromatic hydroxyl groups is 1. The average molecular weight is 227 g/mol. The summed E-state index contributed by atoms with van der Waals surface area (Å²) in [6.07, 6.45) is 2.83. The van der Waals surface area contributed by atoms with E-state index in [0.717, 1.165) is 0 Å². The van der Waals surface area contributed by atoms with Crippen LogP contribution in [0.2, 0.25) is 5.02 Å². The van der Waals surface area contributed by atoms with Crippen LogP contribution in [0.15, 0.2) is 24.3 Å². The molecule has 15 heavy (non-hydrogen) atoms. The molecule has 80 valence electrons. The summed E-state index contributed by atoms with van der Waals surface area (Å²) in [5.74, 6) is -0.324. The maximum absolute atomic E-state index is 11.0. The highest BCUT2D eigenvalue weighted by Gasteiger charge is 1.99. The second-order valence-corrected chi connectivity index (χ2v) is 3.20. The number of halogens is 1. The maximum atomic E-state index is 11.0. The number of esters is 1. The molecule has 1 aromatic carbocycles. The van der Waals surface area contributed by atoms with E-state index in [0.29, 0.717) is 17.2 Å². The molecule has 0 aliphatic heterocycles. The first-order valence-corrected chi connectivity index (χ1v) is 4.84. The molecule has 1 rings (SSSR count). The number of phenols is 1. The number of rotatable bonds is 3. The lowest BCUT2D eigenvalue weighted by atomic mass is 10.2. The van der Waals surface area contributed by atoms with Crippen LogP contribution in [-0.2, 0) is 9.53 Å². The van der Waals surface area contributed by atoms with E-state index in [1.165, 1.54) is 18.2 Å². The van der Waals surface area contributed by atoms with Crippen LogP contribution in [-0.4, -0.2) is 17.7 Å². The third-order valence-electron chi connectivity index (χ3n) is 1.67. The van der Waals surface area contributed by atoms with Gasteiger partial charge in [-0.1, -0.05) is 11.6 Å². The normalized spacial score (nSPS) is 10.5. The molecule has 0 fully saturated rings. The van der Waals surface area contributed by atoms with Gasteiger partial charge >= 0.3 is 5.97 Å². The Balaban J connectivity index is 2.76. The Morgan fingerprint density at radius 2 is 2.33 bits per heavy atom. The summed E-state index contributed by atoms with van der Waals surface area (Å²) in [6.45, 7) is 2.08. The minimum atomic E-state index is -0.415. The van der Waals surface area contributed by atoms with E-state index in [2.05, 4.69) is 0 Å². The SMILES string of the molecule is CCOC(=O)C=Cc1ccc(O)cc1Cl. The van der Waals surface area contributed by atoms with Gasteiger partial charge in [0.2, 0.25) is 0 Å². The molecule has 0 unspecified atom stereocenters. The van der Waals surface area contributed by atoms with Crippen molar-refractivity contribution in [2.24, 2.45) is 0 Å². The molecule has 0 aliphatic rings. The van der Waals surface area contributed by atoms with Crippen molar-refractivity contribution in [3.05, 3.63) is 34.9 Å². The number of ether oxygens (including phenoxy) is 1. The third-order valence-corrected chi connectivity index (χ3v) is 2.00. The van der Waals surface area contributed by atoms with E-state index in [4.69, 9.17) is 21.4 Å². The van der Waals surface area contributed by atoms with Gasteiger partial charge in [0.25, 0.3) is 0 Å². The van der Waals surface area contributed by atoms with Crippen LogP contribution in [0.3, 0.4) is 0 Å². The molecule has 1 aromatic rings. The zero-order valence-electron chi connectivity index (χ0n) is 8.24. The van der Waals surface area contributed by atoms with Crippen LogP contribution in [0, 0.1) is 0 Å². The number of carbonyl (C=O) groups is 1. The summed E-state index contributed by atoms with van der Waals surface area (Å²) in [5.41, 5.74) is 0.655. The monoisotopic (exact) mass is 226 g/mol. The zero-order chi connectivity index (χ0) is 11.3. The van der Waals surface area contributed by atoms with Gasteiger partial charge in [-0.05, 0) is 36.8 Å². The van der Waals surface area contributed by atoms with Crippen molar-refractivity contribution >= 4 is 23.6 Å². The van der Waals surface area contributed by atoms with Crippen LogP contribution in [0.25, 0.3) is 6.08 Å². The average Bonchev–Trinajstić information content (AvgIpc) is 2.17. The van der Waals surface area contributed by atoms with E-state index in [-0.39, 0.29) is 5.75 Å². The van der Waals surface area contributed by atoms with Gasteiger partial charge in [-0.2, -0.15) is 0 Å². The van der Waals surface area contributed by atoms with Crippen LogP contribution in [0.5, 0.6) is 5.75 Å². The lowest BCUT2D eigenvalue weighted by Gasteiger charge is -1.99. The van der Waals surface area contributed by atoms with Crippen molar-refractivity contribution in [2.45, 2.75) is 6.92 Å². The number of phenolic OH excluding ortho intramolecular Hbond substituents is 1. The summed E-state index contributed by atoms with van der Waals surface area (Å²) in [4.78, 5) is 11.0. The van der Waals surface area contributed by atoms with Crippen LogP contribution < -0.4 is 0 Å². The maximum Gasteiger partial charge on any atom is 0.330 e. The summed E-state index contributed by atoms with van der Waals surface area (Å²) >= 11 is 5.83. The van der Waals surface area contributed by atoms with E-state index >= 15 is 0 Å². The first-order chi connectivity index (χ1) is 7.13. The smallest absolute Gasteiger partial charge is 0.330 e. The van der Waals surface area contributed by atoms with Crippen molar-refractivity contribution in [2.75, 3.05) is 6.61 Å². The molecule has 3 nitrogen and oxygen atoms in total. The largest absolute Gasteiger partial charge is 0.508 e. The van der Waals surface area contributed by atoms with Crippen LogP contribution in [0.4, 0.5) is 0 Å². The van der Waals surface area contributed by atoms with Crippen molar-refractivity contribution in [3.63, 3.8) is 0 Å². The molecule has 4 heteroatoms. The van der Waals surface area contributed by atoms with Crippen LogP contribution >= 0.6 is 11.6 Å². The Morgan fingerprint density at radius 1 is 1.60 bits per heavy atom. The van der Waals surface area contributed by atoms with Gasteiger partial charge in [0.1, 0.15) is 5.75 Å². The van der Waals surface area contributed by atoms with Crippen molar-refractivity contribution in [1.82, 2.24) is 0 Å². The quantitative estimate of drug-likeness (QED) is 0.637. The number of carbonyl (C=O) groups excluding carboxylic acids is 1. The molecule has 0 aliphatic carbocycles. The fraction of sp³-hybridized carbons (Fsp3) is 0.182. The molecule has 0 spiro atoms. The highest BCUT2D eigenvalue weighted by atomic mass is 35.5. The lowest BCUT2D eigenvalue weighted by Crippen LogP contribution is -1.98.